The van der Waals surface area contributed by atoms with Crippen molar-refractivity contribution in [2.45, 2.75) is 19.3 Å². The van der Waals surface area contributed by atoms with Gasteiger partial charge >= 0.3 is 0 Å². The molecule has 1 heteroatoms. The first kappa shape index (κ1) is 22.4. The second kappa shape index (κ2) is 11.7. The molecular formula is C53H36O. The van der Waals surface area contributed by atoms with E-state index in [1.807, 2.05) is 48.5 Å². The normalized spacial score (nSPS) is 15.9. The molecule has 0 fully saturated rings. The zero-order valence-electron chi connectivity index (χ0n) is 39.5. The molecule has 254 valence electrons. The van der Waals surface area contributed by atoms with Gasteiger partial charge in [-0.05, 0) is 143 Å². The highest BCUT2D eigenvalue weighted by Crippen LogP contribution is 2.51. The quantitative estimate of drug-likeness (QED) is 0.178. The van der Waals surface area contributed by atoms with Gasteiger partial charge in [0.15, 0.2) is 0 Å². The minimum Gasteiger partial charge on any atom is -0.456 e. The van der Waals surface area contributed by atoms with E-state index in [4.69, 9.17) is 18.4 Å². The third-order valence-electron chi connectivity index (χ3n) is 11.2. The first-order valence-corrected chi connectivity index (χ1v) is 18.0. The van der Waals surface area contributed by atoms with E-state index in [0.29, 0.717) is 22.6 Å². The lowest BCUT2D eigenvalue weighted by molar-refractivity contribution is 0.487. The Labute approximate surface area is 329 Å². The molecule has 0 aromatic heterocycles. The largest absolute Gasteiger partial charge is 0.456 e. The maximum atomic E-state index is 8.97. The first-order chi connectivity index (χ1) is 30.6. The van der Waals surface area contributed by atoms with E-state index in [1.165, 1.54) is 22.3 Å². The number of benzene rings is 9. The Morgan fingerprint density at radius 1 is 0.407 bits per heavy atom. The Kier molecular flexibility index (Phi) is 4.83. The molecule has 0 bridgehead atoms. The number of hydrogen-bond acceptors (Lipinski definition) is 1. The molecule has 0 atom stereocenters. The van der Waals surface area contributed by atoms with Gasteiger partial charge in [0.05, 0.1) is 13.7 Å². The first-order valence-electron chi connectivity index (χ1n) is 23.0. The third kappa shape index (κ3) is 4.72. The molecular weight excluding hydrogens is 653 g/mol. The standard InChI is InChI=1S/C53H36O/c1-53(2)48-19-10-9-16-43(48)47-30-36-21-20-35(26-40(36)31-49(47)53)39-27-38(34-14-7-4-8-15-34)28-41(29-39)42-24-25-50-52-45(42)17-11-18-46(52)44-23-22-37(32-51(44)54-50)33-12-5-3-6-13-33/h3-32H,1-2H3/i3D,4D,5D,6D,7D,8D,12D,13D,14D,15D. The van der Waals surface area contributed by atoms with Gasteiger partial charge in [0.1, 0.15) is 11.5 Å². The molecule has 0 radical (unpaired) electrons. The fourth-order valence-corrected chi connectivity index (χ4v) is 8.55. The number of ether oxygens (including phenoxy) is 1. The van der Waals surface area contributed by atoms with Crippen LogP contribution >= 0.6 is 0 Å². The van der Waals surface area contributed by atoms with E-state index in [2.05, 4.69) is 74.5 Å². The van der Waals surface area contributed by atoms with Crippen molar-refractivity contribution in [1.29, 1.82) is 0 Å². The molecule has 1 aliphatic heterocycles. The Balaban J connectivity index is 1.09. The molecule has 0 unspecified atom stereocenters. The van der Waals surface area contributed by atoms with Crippen molar-refractivity contribution in [1.82, 2.24) is 0 Å². The SMILES string of the molecule is [2H]c1c([2H])c([2H])c(-c2cc(-c3ccc4cc5c(cc4c3)C(C)(C)c3ccccc3-5)cc(-c3ccc4c5c(cccc35)-c3ccc(-c5c([2H])c([2H])c([2H])c([2H])c5[2H])cc3O4)c2)c([2H])c1[2H]. The molecule has 1 nitrogen and oxygen atoms in total. The summed E-state index contributed by atoms with van der Waals surface area (Å²) < 4.78 is 91.5. The number of hydrogen-bond donors (Lipinski definition) is 0. The van der Waals surface area contributed by atoms with E-state index < -0.39 is 36.3 Å². The lowest BCUT2D eigenvalue weighted by Crippen LogP contribution is -2.14. The molecule has 0 saturated heterocycles. The molecule has 1 heterocycles. The van der Waals surface area contributed by atoms with Crippen molar-refractivity contribution in [3.05, 3.63) is 193 Å². The summed E-state index contributed by atoms with van der Waals surface area (Å²) in [5.41, 5.74) is 11.0. The molecule has 2 aliphatic rings. The minimum atomic E-state index is -0.453. The smallest absolute Gasteiger partial charge is 0.135 e. The third-order valence-corrected chi connectivity index (χ3v) is 11.2. The van der Waals surface area contributed by atoms with Crippen LogP contribution in [0.15, 0.2) is 182 Å². The highest BCUT2D eigenvalue weighted by molar-refractivity contribution is 6.10. The Bertz CT molecular complexity index is 3520. The molecule has 54 heavy (non-hydrogen) atoms. The van der Waals surface area contributed by atoms with Crippen molar-refractivity contribution in [3.8, 4) is 78.3 Å². The summed E-state index contributed by atoms with van der Waals surface area (Å²) in [6.45, 7) is 4.52. The van der Waals surface area contributed by atoms with Crippen LogP contribution in [-0.2, 0) is 5.41 Å². The second-order valence-electron chi connectivity index (χ2n) is 14.6. The topological polar surface area (TPSA) is 9.23 Å². The van der Waals surface area contributed by atoms with Crippen molar-refractivity contribution in [3.63, 3.8) is 0 Å². The molecule has 0 amide bonds. The van der Waals surface area contributed by atoms with Gasteiger partial charge in [-0.2, -0.15) is 0 Å². The molecule has 1 aliphatic carbocycles. The lowest BCUT2D eigenvalue weighted by Gasteiger charge is -2.23. The summed E-state index contributed by atoms with van der Waals surface area (Å²) in [5.74, 6) is 1.06. The number of rotatable bonds is 4. The van der Waals surface area contributed by atoms with Gasteiger partial charge in [0.25, 0.3) is 0 Å². The highest BCUT2D eigenvalue weighted by Gasteiger charge is 2.35. The summed E-state index contributed by atoms with van der Waals surface area (Å²) in [5, 5.41) is 3.89. The molecule has 0 N–H and O–H groups in total. The molecule has 0 saturated carbocycles. The summed E-state index contributed by atoms with van der Waals surface area (Å²) >= 11 is 0. The van der Waals surface area contributed by atoms with E-state index in [1.54, 1.807) is 12.1 Å². The van der Waals surface area contributed by atoms with E-state index in [9.17, 15) is 0 Å². The summed E-state index contributed by atoms with van der Waals surface area (Å²) in [6.07, 6.45) is 0. The zero-order chi connectivity index (χ0) is 44.7. The van der Waals surface area contributed by atoms with Gasteiger partial charge in [0, 0.05) is 16.4 Å². The van der Waals surface area contributed by atoms with Crippen molar-refractivity contribution < 1.29 is 18.4 Å². The van der Waals surface area contributed by atoms with Crippen molar-refractivity contribution in [2.24, 2.45) is 0 Å². The predicted octanol–water partition coefficient (Wildman–Crippen LogP) is 14.7. The molecule has 9 aromatic rings. The Hall–Kier alpha value is -6.70. The predicted molar refractivity (Wildman–Crippen MR) is 226 cm³/mol. The van der Waals surface area contributed by atoms with Gasteiger partial charge in [-0.25, -0.2) is 0 Å². The van der Waals surface area contributed by atoms with Crippen LogP contribution in [0.5, 0.6) is 11.5 Å². The van der Waals surface area contributed by atoms with E-state index >= 15 is 0 Å². The average Bonchev–Trinajstić information content (AvgIpc) is 3.52. The molecule has 11 rings (SSSR count). The fourth-order valence-electron chi connectivity index (χ4n) is 8.55. The summed E-state index contributed by atoms with van der Waals surface area (Å²) in [4.78, 5) is 0. The maximum absolute atomic E-state index is 8.97. The van der Waals surface area contributed by atoms with Gasteiger partial charge in [0.2, 0.25) is 0 Å². The van der Waals surface area contributed by atoms with Crippen LogP contribution in [0.25, 0.3) is 88.3 Å². The average molecular weight is 699 g/mol. The fraction of sp³-hybridized carbons (Fsp3) is 0.0566. The van der Waals surface area contributed by atoms with Gasteiger partial charge in [-0.1, -0.05) is 141 Å². The van der Waals surface area contributed by atoms with Crippen LogP contribution in [0.2, 0.25) is 0 Å². The van der Waals surface area contributed by atoms with Crippen LogP contribution in [-0.4, -0.2) is 0 Å². The van der Waals surface area contributed by atoms with Crippen molar-refractivity contribution in [2.75, 3.05) is 0 Å². The monoisotopic (exact) mass is 698 g/mol. The highest BCUT2D eigenvalue weighted by atomic mass is 16.5. The molecule has 9 aromatic carbocycles. The Morgan fingerprint density at radius 2 is 1.07 bits per heavy atom. The number of fused-ring (bicyclic) bond motifs is 6. The van der Waals surface area contributed by atoms with E-state index in [0.717, 1.165) is 54.9 Å². The van der Waals surface area contributed by atoms with Gasteiger partial charge in [-0.3, -0.25) is 0 Å². The van der Waals surface area contributed by atoms with Crippen LogP contribution in [0.3, 0.4) is 0 Å². The van der Waals surface area contributed by atoms with Gasteiger partial charge < -0.3 is 4.74 Å². The second-order valence-corrected chi connectivity index (χ2v) is 14.6. The van der Waals surface area contributed by atoms with Crippen LogP contribution in [0.4, 0.5) is 0 Å². The van der Waals surface area contributed by atoms with Gasteiger partial charge in [-0.15, -0.1) is 0 Å². The minimum absolute atomic E-state index is 0.0938. The lowest BCUT2D eigenvalue weighted by atomic mass is 9.82. The zero-order valence-corrected chi connectivity index (χ0v) is 29.5. The van der Waals surface area contributed by atoms with E-state index in [-0.39, 0.29) is 40.7 Å². The van der Waals surface area contributed by atoms with Crippen LogP contribution < -0.4 is 4.74 Å². The van der Waals surface area contributed by atoms with Crippen LogP contribution in [0.1, 0.15) is 38.7 Å². The van der Waals surface area contributed by atoms with Crippen molar-refractivity contribution >= 4 is 21.5 Å². The summed E-state index contributed by atoms with van der Waals surface area (Å²) in [7, 11) is 0. The maximum Gasteiger partial charge on any atom is 0.135 e. The summed E-state index contributed by atoms with van der Waals surface area (Å²) in [6, 6.07) is 36.8. The van der Waals surface area contributed by atoms with Crippen LogP contribution in [0, 0.1) is 0 Å². The molecule has 0 spiro atoms. The Morgan fingerprint density at radius 3 is 1.89 bits per heavy atom.